The SMILES string of the molecule is COc1ccc(N2C(=O)O[C@@H](C)[C@@H]2C#N)cc1. The summed E-state index contributed by atoms with van der Waals surface area (Å²) in [6, 6.07) is 8.40. The van der Waals surface area contributed by atoms with Crippen molar-refractivity contribution in [3.63, 3.8) is 0 Å². The summed E-state index contributed by atoms with van der Waals surface area (Å²) >= 11 is 0. The first-order valence-electron chi connectivity index (χ1n) is 5.21. The van der Waals surface area contributed by atoms with Crippen LogP contribution < -0.4 is 9.64 Å². The van der Waals surface area contributed by atoms with Crippen LogP contribution >= 0.6 is 0 Å². The van der Waals surface area contributed by atoms with Crippen molar-refractivity contribution in [2.45, 2.75) is 19.1 Å². The average molecular weight is 232 g/mol. The molecule has 0 spiro atoms. The lowest BCUT2D eigenvalue weighted by Crippen LogP contribution is -2.34. The Labute approximate surface area is 99.2 Å². The average Bonchev–Trinajstić information content (AvgIpc) is 2.63. The van der Waals surface area contributed by atoms with Crippen LogP contribution in [0.25, 0.3) is 0 Å². The Kier molecular flexibility index (Phi) is 2.88. The molecule has 0 N–H and O–H groups in total. The van der Waals surface area contributed by atoms with Crippen LogP contribution in [0.1, 0.15) is 6.92 Å². The minimum Gasteiger partial charge on any atom is -0.497 e. The lowest BCUT2D eigenvalue weighted by atomic mass is 10.1. The first kappa shape index (κ1) is 11.3. The van der Waals surface area contributed by atoms with Gasteiger partial charge < -0.3 is 9.47 Å². The molecule has 1 aliphatic heterocycles. The van der Waals surface area contributed by atoms with Gasteiger partial charge in [0.05, 0.1) is 13.2 Å². The van der Waals surface area contributed by atoms with Crippen LogP contribution in [0.2, 0.25) is 0 Å². The Balaban J connectivity index is 2.32. The second-order valence-corrected chi connectivity index (χ2v) is 3.73. The first-order chi connectivity index (χ1) is 8.17. The van der Waals surface area contributed by atoms with Crippen LogP contribution in [0.3, 0.4) is 0 Å². The maximum absolute atomic E-state index is 11.6. The topological polar surface area (TPSA) is 62.6 Å². The number of amides is 1. The third-order valence-corrected chi connectivity index (χ3v) is 2.69. The summed E-state index contributed by atoms with van der Waals surface area (Å²) < 4.78 is 10.1. The molecule has 0 saturated carbocycles. The van der Waals surface area contributed by atoms with Crippen molar-refractivity contribution in [3.8, 4) is 11.8 Å². The van der Waals surface area contributed by atoms with Crippen LogP contribution in [0.4, 0.5) is 10.5 Å². The van der Waals surface area contributed by atoms with E-state index in [1.807, 2.05) is 0 Å². The van der Waals surface area contributed by atoms with E-state index in [1.54, 1.807) is 38.3 Å². The molecule has 2 atom stereocenters. The number of carbonyl (C=O) groups excluding carboxylic acids is 1. The van der Waals surface area contributed by atoms with Gasteiger partial charge in [-0.15, -0.1) is 0 Å². The molecule has 1 fully saturated rings. The summed E-state index contributed by atoms with van der Waals surface area (Å²) in [5, 5.41) is 9.04. The maximum Gasteiger partial charge on any atom is 0.415 e. The number of hydrogen-bond donors (Lipinski definition) is 0. The number of methoxy groups -OCH3 is 1. The van der Waals surface area contributed by atoms with Crippen LogP contribution in [0, 0.1) is 11.3 Å². The van der Waals surface area contributed by atoms with Crippen molar-refractivity contribution in [1.82, 2.24) is 0 Å². The first-order valence-corrected chi connectivity index (χ1v) is 5.21. The lowest BCUT2D eigenvalue weighted by molar-refractivity contribution is 0.146. The molecule has 0 aromatic heterocycles. The monoisotopic (exact) mass is 232 g/mol. The molecule has 1 heterocycles. The van der Waals surface area contributed by atoms with Gasteiger partial charge in [-0.3, -0.25) is 4.90 Å². The van der Waals surface area contributed by atoms with E-state index < -0.39 is 18.2 Å². The number of rotatable bonds is 2. The number of ether oxygens (including phenoxy) is 2. The van der Waals surface area contributed by atoms with Crippen LogP contribution in [-0.4, -0.2) is 25.3 Å². The minimum absolute atomic E-state index is 0.422. The molecular formula is C12H12N2O3. The van der Waals surface area contributed by atoms with Gasteiger partial charge in [-0.25, -0.2) is 4.79 Å². The number of benzene rings is 1. The molecule has 88 valence electrons. The van der Waals surface area contributed by atoms with E-state index in [2.05, 4.69) is 6.07 Å². The molecule has 5 nitrogen and oxygen atoms in total. The molecular weight excluding hydrogens is 220 g/mol. The lowest BCUT2D eigenvalue weighted by Gasteiger charge is -2.17. The van der Waals surface area contributed by atoms with E-state index in [0.29, 0.717) is 11.4 Å². The van der Waals surface area contributed by atoms with Crippen molar-refractivity contribution >= 4 is 11.8 Å². The van der Waals surface area contributed by atoms with Gasteiger partial charge in [0.1, 0.15) is 11.9 Å². The smallest absolute Gasteiger partial charge is 0.415 e. The van der Waals surface area contributed by atoms with E-state index >= 15 is 0 Å². The molecule has 1 aliphatic rings. The second-order valence-electron chi connectivity index (χ2n) is 3.73. The molecule has 0 radical (unpaired) electrons. The van der Waals surface area contributed by atoms with Gasteiger partial charge >= 0.3 is 6.09 Å². The highest BCUT2D eigenvalue weighted by Gasteiger charge is 2.40. The van der Waals surface area contributed by atoms with Crippen molar-refractivity contribution in [1.29, 1.82) is 5.26 Å². The van der Waals surface area contributed by atoms with E-state index in [1.165, 1.54) is 4.90 Å². The Morgan fingerprint density at radius 3 is 2.59 bits per heavy atom. The van der Waals surface area contributed by atoms with Gasteiger partial charge in [0.15, 0.2) is 6.04 Å². The van der Waals surface area contributed by atoms with Crippen molar-refractivity contribution in [2.75, 3.05) is 12.0 Å². The molecule has 1 aromatic carbocycles. The number of hydrogen-bond acceptors (Lipinski definition) is 4. The standard InChI is InChI=1S/C12H12N2O3/c1-8-11(7-13)14(12(15)17-8)9-3-5-10(16-2)6-4-9/h3-6,8,11H,1-2H3/t8-,11-/m0/s1. The Morgan fingerprint density at radius 2 is 2.06 bits per heavy atom. The van der Waals surface area contributed by atoms with Crippen LogP contribution in [0.15, 0.2) is 24.3 Å². The fraction of sp³-hybridized carbons (Fsp3) is 0.333. The molecule has 0 aliphatic carbocycles. The van der Waals surface area contributed by atoms with Gasteiger partial charge in [0, 0.05) is 5.69 Å². The van der Waals surface area contributed by atoms with Crippen molar-refractivity contribution in [3.05, 3.63) is 24.3 Å². The van der Waals surface area contributed by atoms with Crippen molar-refractivity contribution in [2.24, 2.45) is 0 Å². The third kappa shape index (κ3) is 1.89. The third-order valence-electron chi connectivity index (χ3n) is 2.69. The number of nitrogens with zero attached hydrogens (tertiary/aromatic N) is 2. The summed E-state index contributed by atoms with van der Waals surface area (Å²) in [4.78, 5) is 13.0. The number of carbonyl (C=O) groups is 1. The Morgan fingerprint density at radius 1 is 1.41 bits per heavy atom. The molecule has 1 saturated heterocycles. The van der Waals surface area contributed by atoms with E-state index in [4.69, 9.17) is 14.7 Å². The summed E-state index contributed by atoms with van der Waals surface area (Å²) in [7, 11) is 1.57. The van der Waals surface area contributed by atoms with Crippen LogP contribution in [-0.2, 0) is 4.74 Å². The highest BCUT2D eigenvalue weighted by atomic mass is 16.6. The predicted octanol–water partition coefficient (Wildman–Crippen LogP) is 1.93. The predicted molar refractivity (Wildman–Crippen MR) is 60.8 cm³/mol. The largest absolute Gasteiger partial charge is 0.497 e. The number of nitriles is 1. The zero-order chi connectivity index (χ0) is 12.4. The van der Waals surface area contributed by atoms with Gasteiger partial charge in [-0.2, -0.15) is 5.26 Å². The van der Waals surface area contributed by atoms with Crippen LogP contribution in [0.5, 0.6) is 5.75 Å². The number of cyclic esters (lactones) is 1. The van der Waals surface area contributed by atoms with E-state index in [9.17, 15) is 4.79 Å². The molecule has 0 bridgehead atoms. The molecule has 1 amide bonds. The van der Waals surface area contributed by atoms with Gasteiger partial charge in [-0.1, -0.05) is 0 Å². The van der Waals surface area contributed by atoms with Gasteiger partial charge in [0.2, 0.25) is 0 Å². The molecule has 17 heavy (non-hydrogen) atoms. The summed E-state index contributed by atoms with van der Waals surface area (Å²) in [5.74, 6) is 0.697. The molecule has 5 heteroatoms. The normalized spacial score (nSPS) is 23.1. The summed E-state index contributed by atoms with van der Waals surface area (Å²) in [6.45, 7) is 1.70. The zero-order valence-corrected chi connectivity index (χ0v) is 9.58. The van der Waals surface area contributed by atoms with Gasteiger partial charge in [-0.05, 0) is 31.2 Å². The fourth-order valence-corrected chi connectivity index (χ4v) is 1.78. The fourth-order valence-electron chi connectivity index (χ4n) is 1.78. The van der Waals surface area contributed by atoms with Gasteiger partial charge in [0.25, 0.3) is 0 Å². The number of anilines is 1. The van der Waals surface area contributed by atoms with E-state index in [-0.39, 0.29) is 0 Å². The molecule has 0 unspecified atom stereocenters. The highest BCUT2D eigenvalue weighted by molar-refractivity contribution is 5.91. The highest BCUT2D eigenvalue weighted by Crippen LogP contribution is 2.27. The minimum atomic E-state index is -0.587. The zero-order valence-electron chi connectivity index (χ0n) is 9.58. The quantitative estimate of drug-likeness (QED) is 0.781. The molecule has 2 rings (SSSR count). The Hall–Kier alpha value is -2.22. The maximum atomic E-state index is 11.6. The second kappa shape index (κ2) is 4.34. The Bertz CT molecular complexity index is 464. The summed E-state index contributed by atoms with van der Waals surface area (Å²) in [6.07, 6.45) is -0.913. The summed E-state index contributed by atoms with van der Waals surface area (Å²) in [5.41, 5.74) is 0.631. The van der Waals surface area contributed by atoms with E-state index in [0.717, 1.165) is 0 Å². The molecule has 1 aromatic rings. The van der Waals surface area contributed by atoms with Crippen molar-refractivity contribution < 1.29 is 14.3 Å².